The van der Waals surface area contributed by atoms with Gasteiger partial charge in [0.15, 0.2) is 5.78 Å². The third kappa shape index (κ3) is 4.01. The second-order valence-electron chi connectivity index (χ2n) is 6.59. The summed E-state index contributed by atoms with van der Waals surface area (Å²) in [5.74, 6) is 0.0725. The van der Waals surface area contributed by atoms with Crippen LogP contribution in [0.25, 0.3) is 22.2 Å². The smallest absolute Gasteiger partial charge is 0.294 e. The van der Waals surface area contributed by atoms with Crippen molar-refractivity contribution in [3.63, 3.8) is 0 Å². The third-order valence-electron chi connectivity index (χ3n) is 4.61. The highest BCUT2D eigenvalue weighted by Crippen LogP contribution is 2.28. The lowest BCUT2D eigenvalue weighted by molar-refractivity contribution is -0.380. The maximum Gasteiger partial charge on any atom is 0.324 e. The molecule has 0 radical (unpaired) electrons. The molecule has 7 heteroatoms. The molecule has 148 valence electrons. The summed E-state index contributed by atoms with van der Waals surface area (Å²) in [7, 11) is 0. The Morgan fingerprint density at radius 1 is 1.13 bits per heavy atom. The number of Topliss-reactive ketones (excluding diaryl/α,β-unsaturated/α-hetero) is 1. The van der Waals surface area contributed by atoms with E-state index >= 15 is 0 Å². The number of aromatic nitrogens is 1. The molecule has 4 aromatic rings. The van der Waals surface area contributed by atoms with Crippen molar-refractivity contribution in [2.24, 2.45) is 4.99 Å². The molecule has 2 heterocycles. The molecule has 0 unspecified atom stereocenters. The molecule has 4 rings (SSSR count). The standard InChI is InChI=1S/C23H17N3O3S/c1-2-22(27)19-13-21(25-20-9-4-3-8-18(19)20)15-6-5-7-16(12-15)24-14-17-10-11-23(30-17)26(28)29/h3-14H,2H2,1H3. The van der Waals surface area contributed by atoms with E-state index in [-0.39, 0.29) is 10.8 Å². The van der Waals surface area contributed by atoms with E-state index in [0.717, 1.165) is 27.8 Å². The molecule has 0 spiro atoms. The Balaban J connectivity index is 1.71. The summed E-state index contributed by atoms with van der Waals surface area (Å²) in [6.45, 7) is 1.85. The summed E-state index contributed by atoms with van der Waals surface area (Å²) < 4.78 is 0. The van der Waals surface area contributed by atoms with Gasteiger partial charge in [-0.05, 0) is 30.3 Å². The number of hydrogen-bond donors (Lipinski definition) is 0. The van der Waals surface area contributed by atoms with Gasteiger partial charge in [0.1, 0.15) is 0 Å². The second kappa shape index (κ2) is 8.34. The van der Waals surface area contributed by atoms with Crippen LogP contribution in [0.15, 0.2) is 71.7 Å². The van der Waals surface area contributed by atoms with Crippen LogP contribution in [0.2, 0.25) is 0 Å². The molecule has 0 aliphatic carbocycles. The summed E-state index contributed by atoms with van der Waals surface area (Å²) in [4.78, 5) is 32.8. The Morgan fingerprint density at radius 3 is 2.73 bits per heavy atom. The fourth-order valence-corrected chi connectivity index (χ4v) is 3.83. The van der Waals surface area contributed by atoms with E-state index in [4.69, 9.17) is 4.98 Å². The van der Waals surface area contributed by atoms with Crippen molar-refractivity contribution >= 4 is 44.9 Å². The number of benzene rings is 2. The summed E-state index contributed by atoms with van der Waals surface area (Å²) >= 11 is 1.07. The molecule has 0 saturated heterocycles. The normalized spacial score (nSPS) is 11.2. The monoisotopic (exact) mass is 415 g/mol. The molecule has 2 aromatic heterocycles. The summed E-state index contributed by atoms with van der Waals surface area (Å²) in [6, 6.07) is 20.1. The largest absolute Gasteiger partial charge is 0.324 e. The Hall–Kier alpha value is -3.71. The molecule has 0 bridgehead atoms. The first-order valence-electron chi connectivity index (χ1n) is 9.37. The highest BCUT2D eigenvalue weighted by atomic mass is 32.1. The van der Waals surface area contributed by atoms with Gasteiger partial charge < -0.3 is 0 Å². The highest BCUT2D eigenvalue weighted by molar-refractivity contribution is 7.16. The van der Waals surface area contributed by atoms with Crippen molar-refractivity contribution in [2.75, 3.05) is 0 Å². The molecule has 0 amide bonds. The summed E-state index contributed by atoms with van der Waals surface area (Å²) in [6.07, 6.45) is 2.03. The molecular weight excluding hydrogens is 398 g/mol. The number of fused-ring (bicyclic) bond motifs is 1. The molecule has 0 saturated carbocycles. The lowest BCUT2D eigenvalue weighted by Gasteiger charge is -2.09. The zero-order chi connectivity index (χ0) is 21.1. The van der Waals surface area contributed by atoms with E-state index in [0.29, 0.717) is 28.2 Å². The number of para-hydroxylation sites is 1. The first kappa shape index (κ1) is 19.6. The van der Waals surface area contributed by atoms with Crippen LogP contribution in [-0.2, 0) is 0 Å². The van der Waals surface area contributed by atoms with Crippen molar-refractivity contribution in [3.05, 3.63) is 87.3 Å². The van der Waals surface area contributed by atoms with Crippen molar-refractivity contribution in [3.8, 4) is 11.3 Å². The first-order chi connectivity index (χ1) is 14.5. The van der Waals surface area contributed by atoms with Gasteiger partial charge in [0.05, 0.1) is 26.7 Å². The predicted octanol–water partition coefficient (Wildman–Crippen LogP) is 6.21. The van der Waals surface area contributed by atoms with Gasteiger partial charge in [-0.15, -0.1) is 0 Å². The summed E-state index contributed by atoms with van der Waals surface area (Å²) in [5.41, 5.74) is 3.68. The second-order valence-corrected chi connectivity index (χ2v) is 7.68. The lowest BCUT2D eigenvalue weighted by Crippen LogP contribution is -2.00. The molecule has 30 heavy (non-hydrogen) atoms. The van der Waals surface area contributed by atoms with Crippen molar-refractivity contribution in [2.45, 2.75) is 13.3 Å². The minimum absolute atomic E-state index is 0.0725. The molecular formula is C23H17N3O3S. The van der Waals surface area contributed by atoms with Gasteiger partial charge in [-0.25, -0.2) is 4.98 Å². The number of rotatable bonds is 6. The Bertz CT molecular complexity index is 1290. The van der Waals surface area contributed by atoms with Crippen LogP contribution in [-0.4, -0.2) is 21.9 Å². The van der Waals surface area contributed by atoms with E-state index in [2.05, 4.69) is 4.99 Å². The van der Waals surface area contributed by atoms with Crippen LogP contribution in [0.1, 0.15) is 28.6 Å². The highest BCUT2D eigenvalue weighted by Gasteiger charge is 2.13. The number of ketones is 1. The number of nitro groups is 1. The summed E-state index contributed by atoms with van der Waals surface area (Å²) in [5, 5.41) is 11.8. The molecule has 2 aromatic carbocycles. The van der Waals surface area contributed by atoms with Crippen molar-refractivity contribution in [1.82, 2.24) is 4.98 Å². The minimum Gasteiger partial charge on any atom is -0.294 e. The van der Waals surface area contributed by atoms with E-state index in [1.165, 1.54) is 6.07 Å². The Kier molecular flexibility index (Phi) is 5.45. The topological polar surface area (TPSA) is 85.5 Å². The van der Waals surface area contributed by atoms with Crippen LogP contribution in [0.5, 0.6) is 0 Å². The lowest BCUT2D eigenvalue weighted by atomic mass is 10.00. The maximum atomic E-state index is 12.5. The Labute approximate surface area is 176 Å². The number of aliphatic imine (C=N–C) groups is 1. The zero-order valence-corrected chi connectivity index (χ0v) is 16.9. The number of pyridine rings is 1. The Morgan fingerprint density at radius 2 is 1.97 bits per heavy atom. The molecule has 0 aliphatic heterocycles. The van der Waals surface area contributed by atoms with E-state index in [1.54, 1.807) is 12.3 Å². The van der Waals surface area contributed by atoms with Gasteiger partial charge in [-0.2, -0.15) is 0 Å². The molecule has 0 fully saturated rings. The average molecular weight is 415 g/mol. The van der Waals surface area contributed by atoms with Crippen LogP contribution in [0.4, 0.5) is 10.7 Å². The van der Waals surface area contributed by atoms with Crippen molar-refractivity contribution in [1.29, 1.82) is 0 Å². The van der Waals surface area contributed by atoms with E-state index in [1.807, 2.05) is 61.5 Å². The first-order valence-corrected chi connectivity index (χ1v) is 10.2. The number of thiophene rings is 1. The number of hydrogen-bond acceptors (Lipinski definition) is 6. The van der Waals surface area contributed by atoms with Crippen LogP contribution >= 0.6 is 11.3 Å². The van der Waals surface area contributed by atoms with Gasteiger partial charge in [-0.3, -0.25) is 19.9 Å². The van der Waals surface area contributed by atoms with Gasteiger partial charge in [-0.1, -0.05) is 48.6 Å². The zero-order valence-electron chi connectivity index (χ0n) is 16.1. The fourth-order valence-electron chi connectivity index (χ4n) is 3.14. The molecule has 0 N–H and O–H groups in total. The SMILES string of the molecule is CCC(=O)c1cc(-c2cccc(N=Cc3ccc([N+](=O)[O-])s3)c2)nc2ccccc12. The van der Waals surface area contributed by atoms with E-state index in [9.17, 15) is 14.9 Å². The number of carbonyl (C=O) groups excluding carboxylic acids is 1. The van der Waals surface area contributed by atoms with Gasteiger partial charge in [0.25, 0.3) is 0 Å². The maximum absolute atomic E-state index is 12.5. The number of carbonyl (C=O) groups is 1. The minimum atomic E-state index is -0.413. The van der Waals surface area contributed by atoms with Crippen molar-refractivity contribution < 1.29 is 9.72 Å². The number of nitrogens with zero attached hydrogens (tertiary/aromatic N) is 3. The van der Waals surface area contributed by atoms with E-state index < -0.39 is 4.92 Å². The van der Waals surface area contributed by atoms with Gasteiger partial charge in [0, 0.05) is 35.2 Å². The molecule has 6 nitrogen and oxygen atoms in total. The molecule has 0 aliphatic rings. The fraction of sp³-hybridized carbons (Fsp3) is 0.0870. The van der Waals surface area contributed by atoms with Gasteiger partial charge in [0.2, 0.25) is 0 Å². The average Bonchev–Trinajstić information content (AvgIpc) is 3.26. The molecule has 0 atom stereocenters. The third-order valence-corrected chi connectivity index (χ3v) is 5.58. The van der Waals surface area contributed by atoms with Gasteiger partial charge >= 0.3 is 5.00 Å². The van der Waals surface area contributed by atoms with Crippen LogP contribution in [0.3, 0.4) is 0 Å². The predicted molar refractivity (Wildman–Crippen MR) is 120 cm³/mol. The van der Waals surface area contributed by atoms with Crippen LogP contribution in [0, 0.1) is 10.1 Å². The van der Waals surface area contributed by atoms with Crippen LogP contribution < -0.4 is 0 Å². The quantitative estimate of drug-likeness (QED) is 0.162.